The second kappa shape index (κ2) is 8.19. The van der Waals surface area contributed by atoms with Gasteiger partial charge >= 0.3 is 0 Å². The van der Waals surface area contributed by atoms with Crippen molar-refractivity contribution < 1.29 is 14.9 Å². The summed E-state index contributed by atoms with van der Waals surface area (Å²) in [5.41, 5.74) is 0.365. The van der Waals surface area contributed by atoms with E-state index in [1.165, 1.54) is 64.5 Å². The molecule has 0 unspecified atom stereocenters. The molecule has 0 bridgehead atoms. The highest BCUT2D eigenvalue weighted by molar-refractivity contribution is 5.14. The largest absolute Gasteiger partial charge is 0.391 e. The SMILES string of the molecule is C[C@]12C[C@@H](O)[C@H](N3CCOCC3)C[C@@H]1CC[C@@H]1[C@@H]2CC[C@]2(C)[C@@H](O)[C@@H](N3CCCC3)C[C@@H]12. The van der Waals surface area contributed by atoms with Crippen LogP contribution in [-0.4, -0.2) is 83.7 Å². The van der Waals surface area contributed by atoms with E-state index in [4.69, 9.17) is 4.74 Å². The van der Waals surface area contributed by atoms with E-state index >= 15 is 0 Å². The molecule has 32 heavy (non-hydrogen) atoms. The van der Waals surface area contributed by atoms with E-state index in [1.54, 1.807) is 0 Å². The third-order valence-electron chi connectivity index (χ3n) is 11.8. The number of likely N-dealkylation sites (tertiary alicyclic amines) is 1. The maximum atomic E-state index is 11.5. The highest BCUT2D eigenvalue weighted by Crippen LogP contribution is 2.66. The number of nitrogens with zero attached hydrogens (tertiary/aromatic N) is 2. The van der Waals surface area contributed by atoms with Crippen molar-refractivity contribution >= 4 is 0 Å². The minimum atomic E-state index is -0.201. The molecule has 0 spiro atoms. The number of fused-ring (bicyclic) bond motifs is 5. The third kappa shape index (κ3) is 3.28. The zero-order valence-corrected chi connectivity index (χ0v) is 20.4. The first-order valence-corrected chi connectivity index (χ1v) is 13.8. The summed E-state index contributed by atoms with van der Waals surface area (Å²) in [6, 6.07) is 0.717. The summed E-state index contributed by atoms with van der Waals surface area (Å²) in [5, 5.41) is 22.9. The van der Waals surface area contributed by atoms with Gasteiger partial charge < -0.3 is 14.9 Å². The van der Waals surface area contributed by atoms with Crippen LogP contribution in [0.1, 0.15) is 71.6 Å². The van der Waals surface area contributed by atoms with E-state index in [2.05, 4.69) is 23.6 Å². The molecule has 0 aromatic carbocycles. The summed E-state index contributed by atoms with van der Waals surface area (Å²) in [7, 11) is 0. The van der Waals surface area contributed by atoms with Crippen LogP contribution in [0.2, 0.25) is 0 Å². The molecule has 6 rings (SSSR count). The Balaban J connectivity index is 1.22. The topological polar surface area (TPSA) is 56.2 Å². The van der Waals surface area contributed by atoms with E-state index in [-0.39, 0.29) is 23.0 Å². The summed E-state index contributed by atoms with van der Waals surface area (Å²) in [6.07, 6.45) is 10.7. The molecule has 4 aliphatic carbocycles. The molecule has 0 radical (unpaired) electrons. The van der Waals surface area contributed by atoms with E-state index in [1.807, 2.05) is 0 Å². The molecule has 0 amide bonds. The molecule has 5 nitrogen and oxygen atoms in total. The van der Waals surface area contributed by atoms with Crippen molar-refractivity contribution in [2.24, 2.45) is 34.5 Å². The van der Waals surface area contributed by atoms with Gasteiger partial charge in [-0.15, -0.1) is 0 Å². The van der Waals surface area contributed by atoms with Crippen LogP contribution in [0.4, 0.5) is 0 Å². The van der Waals surface area contributed by atoms with Crippen LogP contribution in [0.3, 0.4) is 0 Å². The number of ether oxygens (including phenoxy) is 1. The lowest BCUT2D eigenvalue weighted by atomic mass is 9.44. The van der Waals surface area contributed by atoms with Crippen molar-refractivity contribution in [1.82, 2.24) is 9.80 Å². The van der Waals surface area contributed by atoms with Gasteiger partial charge in [0.2, 0.25) is 0 Å². The summed E-state index contributed by atoms with van der Waals surface area (Å²) in [5.74, 6) is 2.87. The van der Waals surface area contributed by atoms with Crippen LogP contribution in [-0.2, 0) is 4.74 Å². The second-order valence-electron chi connectivity index (χ2n) is 12.9. The van der Waals surface area contributed by atoms with E-state index in [0.29, 0.717) is 18.0 Å². The van der Waals surface area contributed by atoms with Gasteiger partial charge in [-0.3, -0.25) is 9.80 Å². The highest BCUT2D eigenvalue weighted by Gasteiger charge is 2.63. The van der Waals surface area contributed by atoms with Gasteiger partial charge in [-0.05, 0) is 105 Å². The molecular formula is C27H46N2O3. The van der Waals surface area contributed by atoms with Crippen molar-refractivity contribution in [3.05, 3.63) is 0 Å². The average Bonchev–Trinajstić information content (AvgIpc) is 3.40. The summed E-state index contributed by atoms with van der Waals surface area (Å²) in [4.78, 5) is 5.14. The number of aliphatic hydroxyl groups is 2. The van der Waals surface area contributed by atoms with E-state index < -0.39 is 0 Å². The minimum Gasteiger partial charge on any atom is -0.391 e. The number of morpholine rings is 1. The first kappa shape index (κ1) is 22.3. The lowest BCUT2D eigenvalue weighted by molar-refractivity contribution is -0.159. The standard InChI is InChI=1S/C27H46N2O3/c1-26-8-7-20-19(21(26)16-23(25(26)31)28-9-3-4-10-28)6-5-18-15-22(24(30)17-27(18,20)2)29-11-13-32-14-12-29/h18-25,30-31H,3-17H2,1-2H3/t18-,19+,20-,21-,22+,23-,24+,25-,26-,27-/m0/s1. The molecule has 0 aromatic rings. The van der Waals surface area contributed by atoms with Gasteiger partial charge in [0.05, 0.1) is 25.4 Å². The molecule has 2 aliphatic heterocycles. The number of hydrogen-bond acceptors (Lipinski definition) is 5. The minimum absolute atomic E-state index is 0.0985. The quantitative estimate of drug-likeness (QED) is 0.683. The van der Waals surface area contributed by atoms with Crippen molar-refractivity contribution in [1.29, 1.82) is 0 Å². The maximum Gasteiger partial charge on any atom is 0.0751 e. The predicted molar refractivity (Wildman–Crippen MR) is 125 cm³/mol. The molecule has 6 aliphatic rings. The van der Waals surface area contributed by atoms with Crippen LogP contribution in [0.25, 0.3) is 0 Å². The molecule has 5 heteroatoms. The Hall–Kier alpha value is -0.200. The molecule has 2 heterocycles. The van der Waals surface area contributed by atoms with Crippen LogP contribution in [0, 0.1) is 34.5 Å². The third-order valence-corrected chi connectivity index (χ3v) is 11.8. The summed E-state index contributed by atoms with van der Waals surface area (Å²) < 4.78 is 5.58. The van der Waals surface area contributed by atoms with Gasteiger partial charge in [-0.25, -0.2) is 0 Å². The van der Waals surface area contributed by atoms with Crippen LogP contribution in [0.5, 0.6) is 0 Å². The van der Waals surface area contributed by atoms with Gasteiger partial charge in [-0.2, -0.15) is 0 Å². The Morgan fingerprint density at radius 1 is 0.781 bits per heavy atom. The van der Waals surface area contributed by atoms with Crippen molar-refractivity contribution in [2.45, 2.75) is 95.9 Å². The van der Waals surface area contributed by atoms with Gasteiger partial charge in [0.1, 0.15) is 0 Å². The molecule has 0 aromatic heterocycles. The average molecular weight is 447 g/mol. The normalized spacial score (nSPS) is 54.8. The van der Waals surface area contributed by atoms with Crippen molar-refractivity contribution in [2.75, 3.05) is 39.4 Å². The predicted octanol–water partition coefficient (Wildman–Crippen LogP) is 3.14. The Bertz CT molecular complexity index is 692. The van der Waals surface area contributed by atoms with Gasteiger partial charge in [0.25, 0.3) is 0 Å². The zero-order valence-electron chi connectivity index (χ0n) is 20.4. The summed E-state index contributed by atoms with van der Waals surface area (Å²) in [6.45, 7) is 10.9. The first-order chi connectivity index (χ1) is 15.4. The number of hydrogen-bond donors (Lipinski definition) is 2. The molecular weight excluding hydrogens is 400 g/mol. The van der Waals surface area contributed by atoms with Crippen LogP contribution in [0.15, 0.2) is 0 Å². The number of rotatable bonds is 2. The monoisotopic (exact) mass is 446 g/mol. The smallest absolute Gasteiger partial charge is 0.0751 e. The van der Waals surface area contributed by atoms with E-state index in [9.17, 15) is 10.2 Å². The molecule has 2 saturated heterocycles. The molecule has 6 fully saturated rings. The second-order valence-corrected chi connectivity index (χ2v) is 12.9. The van der Waals surface area contributed by atoms with Crippen molar-refractivity contribution in [3.8, 4) is 0 Å². The fourth-order valence-corrected chi connectivity index (χ4v) is 9.99. The van der Waals surface area contributed by atoms with Gasteiger partial charge in [0.15, 0.2) is 0 Å². The van der Waals surface area contributed by atoms with E-state index in [0.717, 1.165) is 50.5 Å². The van der Waals surface area contributed by atoms with Crippen molar-refractivity contribution in [3.63, 3.8) is 0 Å². The fraction of sp³-hybridized carbons (Fsp3) is 1.00. The molecule has 182 valence electrons. The van der Waals surface area contributed by atoms with Gasteiger partial charge in [-0.1, -0.05) is 13.8 Å². The van der Waals surface area contributed by atoms with Crippen LogP contribution < -0.4 is 0 Å². The Morgan fingerprint density at radius 2 is 1.50 bits per heavy atom. The number of aliphatic hydroxyl groups excluding tert-OH is 2. The highest BCUT2D eigenvalue weighted by atomic mass is 16.5. The lowest BCUT2D eigenvalue weighted by Crippen LogP contribution is -2.60. The first-order valence-electron chi connectivity index (χ1n) is 13.8. The lowest BCUT2D eigenvalue weighted by Gasteiger charge is -2.62. The Labute approximate surface area is 194 Å². The zero-order chi connectivity index (χ0) is 22.1. The molecule has 2 N–H and O–H groups in total. The Morgan fingerprint density at radius 3 is 2.25 bits per heavy atom. The molecule has 10 atom stereocenters. The Kier molecular flexibility index (Phi) is 5.70. The maximum absolute atomic E-state index is 11.5. The van der Waals surface area contributed by atoms with Gasteiger partial charge in [0, 0.05) is 25.2 Å². The fourth-order valence-electron chi connectivity index (χ4n) is 9.99. The summed E-state index contributed by atoms with van der Waals surface area (Å²) >= 11 is 0. The van der Waals surface area contributed by atoms with Crippen LogP contribution >= 0.6 is 0 Å². The molecule has 4 saturated carbocycles.